The van der Waals surface area contributed by atoms with Gasteiger partial charge < -0.3 is 4.74 Å². The molecule has 0 aliphatic rings. The summed E-state index contributed by atoms with van der Waals surface area (Å²) in [6, 6.07) is 8.88. The lowest BCUT2D eigenvalue weighted by Crippen LogP contribution is -2.12. The second-order valence-electron chi connectivity index (χ2n) is 2.62. The summed E-state index contributed by atoms with van der Waals surface area (Å²) in [4.78, 5) is 10.8. The second kappa shape index (κ2) is 6.31. The van der Waals surface area contributed by atoms with E-state index in [1.165, 1.54) is 7.11 Å². The first-order chi connectivity index (χ1) is 6.84. The predicted octanol–water partition coefficient (Wildman–Crippen LogP) is 0.444. The number of methoxy groups -OCH3 is 1. The van der Waals surface area contributed by atoms with Gasteiger partial charge in [-0.15, -0.1) is 0 Å². The van der Waals surface area contributed by atoms with Crippen molar-refractivity contribution in [3.63, 3.8) is 0 Å². The van der Waals surface area contributed by atoms with E-state index in [2.05, 4.69) is 21.2 Å². The van der Waals surface area contributed by atoms with Crippen molar-refractivity contribution < 1.29 is 14.1 Å². The van der Waals surface area contributed by atoms with Gasteiger partial charge in [0.2, 0.25) is 0 Å². The van der Waals surface area contributed by atoms with E-state index < -0.39 is 7.59 Å². The van der Waals surface area contributed by atoms with E-state index in [1.54, 1.807) is 24.3 Å². The molecule has 1 aromatic carbocycles. The van der Waals surface area contributed by atoms with E-state index in [1.807, 2.05) is 6.07 Å². The Morgan fingerprint density at radius 3 is 1.93 bits per heavy atom. The molecule has 0 bridgehead atoms. The van der Waals surface area contributed by atoms with Gasteiger partial charge in [0.1, 0.15) is 0 Å². The van der Waals surface area contributed by atoms with E-state index in [9.17, 15) is 9.36 Å². The van der Waals surface area contributed by atoms with Crippen LogP contribution in [0.3, 0.4) is 0 Å². The van der Waals surface area contributed by atoms with Gasteiger partial charge >= 0.3 is 5.97 Å². The third-order valence-corrected chi connectivity index (χ3v) is 1.19. The summed E-state index contributed by atoms with van der Waals surface area (Å²) in [5, 5.41) is 0. The largest absolute Gasteiger partial charge is 0.465 e. The smallest absolute Gasteiger partial charge is 0.337 e. The average molecular weight is 231 g/mol. The van der Waals surface area contributed by atoms with Gasteiger partial charge in [-0.05, 0) is 12.1 Å². The minimum Gasteiger partial charge on any atom is -0.465 e. The van der Waals surface area contributed by atoms with Crippen LogP contribution in [0, 0.1) is 0 Å². The van der Waals surface area contributed by atoms with E-state index >= 15 is 0 Å². The Hall–Kier alpha value is -1.20. The number of hydrogen-bond donors (Lipinski definition) is 3. The highest BCUT2D eigenvalue weighted by atomic mass is 31.2. The monoisotopic (exact) mass is 231 g/mol. The van der Waals surface area contributed by atoms with E-state index in [0.29, 0.717) is 5.56 Å². The average Bonchev–Trinajstić information content (AvgIpc) is 2.15. The van der Waals surface area contributed by atoms with Crippen molar-refractivity contribution in [3.8, 4) is 0 Å². The first kappa shape index (κ1) is 13.8. The fourth-order valence-corrected chi connectivity index (χ4v) is 0.692. The number of benzene rings is 1. The van der Waals surface area contributed by atoms with Crippen LogP contribution in [0.5, 0.6) is 0 Å². The summed E-state index contributed by atoms with van der Waals surface area (Å²) in [6.07, 6.45) is 0. The zero-order valence-corrected chi connectivity index (χ0v) is 9.19. The van der Waals surface area contributed by atoms with Gasteiger partial charge in [-0.3, -0.25) is 21.1 Å². The highest BCUT2D eigenvalue weighted by molar-refractivity contribution is 7.56. The maximum Gasteiger partial charge on any atom is 0.337 e. The number of carbonyl (C=O) groups is 1. The minimum absolute atomic E-state index is 0.291. The zero-order chi connectivity index (χ0) is 11.9. The summed E-state index contributed by atoms with van der Waals surface area (Å²) in [6.45, 7) is 0. The Morgan fingerprint density at radius 2 is 1.60 bits per heavy atom. The van der Waals surface area contributed by atoms with Gasteiger partial charge in [0.05, 0.1) is 12.7 Å². The molecule has 84 valence electrons. The van der Waals surface area contributed by atoms with Crippen LogP contribution in [0.1, 0.15) is 10.4 Å². The molecule has 0 saturated carbocycles. The van der Waals surface area contributed by atoms with Crippen LogP contribution in [-0.2, 0) is 9.30 Å². The van der Waals surface area contributed by atoms with Crippen LogP contribution in [0.25, 0.3) is 0 Å². The molecule has 0 saturated heterocycles. The number of hydrogen-bond acceptors (Lipinski definition) is 3. The standard InChI is InChI=1S/C8H8O2.H6N3OP/c1-10-8(9)7-5-3-2-4-6-7;1-5(2,3)4/h2-6H,1H3;(H6,1,2,3,4). The van der Waals surface area contributed by atoms with Gasteiger partial charge in [-0.1, -0.05) is 18.2 Å². The summed E-state index contributed by atoms with van der Waals surface area (Å²) >= 11 is 0. The first-order valence-electron chi connectivity index (χ1n) is 3.93. The number of esters is 1. The highest BCUT2D eigenvalue weighted by Gasteiger charge is 2.00. The molecule has 6 nitrogen and oxygen atoms in total. The molecule has 1 aromatic rings. The Morgan fingerprint density at radius 1 is 1.20 bits per heavy atom. The molecule has 7 heteroatoms. The van der Waals surface area contributed by atoms with E-state index in [-0.39, 0.29) is 5.97 Å². The Kier molecular flexibility index (Phi) is 5.81. The summed E-state index contributed by atoms with van der Waals surface area (Å²) < 4.78 is 14.0. The lowest BCUT2D eigenvalue weighted by atomic mass is 10.2. The molecule has 0 fully saturated rings. The van der Waals surface area contributed by atoms with Crippen molar-refractivity contribution in [1.29, 1.82) is 0 Å². The number of carbonyl (C=O) groups excluding carboxylic acids is 1. The molecule has 0 radical (unpaired) electrons. The molecule has 6 N–H and O–H groups in total. The van der Waals surface area contributed by atoms with Crippen molar-refractivity contribution >= 4 is 13.6 Å². The van der Waals surface area contributed by atoms with Crippen molar-refractivity contribution in [2.45, 2.75) is 0 Å². The summed E-state index contributed by atoms with van der Waals surface area (Å²) in [5.41, 5.74) is 14.0. The van der Waals surface area contributed by atoms with Crippen LogP contribution in [-0.4, -0.2) is 13.1 Å². The number of nitrogens with two attached hydrogens (primary N) is 3. The first-order valence-corrected chi connectivity index (χ1v) is 5.85. The molecule has 0 atom stereocenters. The fourth-order valence-electron chi connectivity index (χ4n) is 0.692. The van der Waals surface area contributed by atoms with Gasteiger partial charge in [-0.2, -0.15) is 0 Å². The van der Waals surface area contributed by atoms with Crippen molar-refractivity contribution in [1.82, 2.24) is 0 Å². The molecular weight excluding hydrogens is 217 g/mol. The van der Waals surface area contributed by atoms with Crippen LogP contribution in [0.4, 0.5) is 0 Å². The Labute approximate surface area is 87.9 Å². The van der Waals surface area contributed by atoms with Crippen molar-refractivity contribution in [2.24, 2.45) is 16.5 Å². The number of ether oxygens (including phenoxy) is 1. The maximum absolute atomic E-state index is 10.8. The molecule has 15 heavy (non-hydrogen) atoms. The SMILES string of the molecule is COC(=O)c1ccccc1.NP(N)(N)=O. The van der Waals surface area contributed by atoms with E-state index in [0.717, 1.165) is 0 Å². The third-order valence-electron chi connectivity index (χ3n) is 1.19. The zero-order valence-electron chi connectivity index (χ0n) is 8.29. The van der Waals surface area contributed by atoms with Crippen molar-refractivity contribution in [2.75, 3.05) is 7.11 Å². The molecule has 1 rings (SSSR count). The van der Waals surface area contributed by atoms with Gasteiger partial charge in [0, 0.05) is 0 Å². The van der Waals surface area contributed by atoms with Crippen LogP contribution in [0.2, 0.25) is 0 Å². The summed E-state index contributed by atoms with van der Waals surface area (Å²) in [7, 11) is -1.77. The Bertz CT molecular complexity index is 341. The fraction of sp³-hybridized carbons (Fsp3) is 0.125. The highest BCUT2D eigenvalue weighted by Crippen LogP contribution is 2.06. The topological polar surface area (TPSA) is 121 Å². The lowest BCUT2D eigenvalue weighted by molar-refractivity contribution is 0.0600. The quantitative estimate of drug-likeness (QED) is 0.476. The Balaban J connectivity index is 0.000000336. The molecule has 0 amide bonds. The van der Waals surface area contributed by atoms with Crippen LogP contribution in [0.15, 0.2) is 30.3 Å². The van der Waals surface area contributed by atoms with Crippen molar-refractivity contribution in [3.05, 3.63) is 35.9 Å². The van der Waals surface area contributed by atoms with Crippen LogP contribution >= 0.6 is 7.59 Å². The molecule has 0 aromatic heterocycles. The second-order valence-corrected chi connectivity index (χ2v) is 4.15. The van der Waals surface area contributed by atoms with E-state index in [4.69, 9.17) is 0 Å². The van der Waals surface area contributed by atoms with Gasteiger partial charge in [0.15, 0.2) is 0 Å². The lowest BCUT2D eigenvalue weighted by Gasteiger charge is -1.95. The molecule has 0 aliphatic carbocycles. The predicted molar refractivity (Wildman–Crippen MR) is 58.0 cm³/mol. The summed E-state index contributed by atoms with van der Waals surface area (Å²) in [5.74, 6) is -0.291. The molecule has 0 spiro atoms. The molecule has 0 aliphatic heterocycles. The maximum atomic E-state index is 10.8. The van der Waals surface area contributed by atoms with Gasteiger partial charge in [-0.25, -0.2) is 4.79 Å². The molecule has 0 unspecified atom stereocenters. The van der Waals surface area contributed by atoms with Crippen LogP contribution < -0.4 is 16.5 Å². The normalized spacial score (nSPS) is 9.87. The molecular formula is C8H14N3O3P. The third kappa shape index (κ3) is 9.11. The number of rotatable bonds is 1. The minimum atomic E-state index is -3.14. The molecule has 0 heterocycles. The van der Waals surface area contributed by atoms with Gasteiger partial charge in [0.25, 0.3) is 7.59 Å².